The number of nitriles is 1. The topological polar surface area (TPSA) is 151 Å². The molecule has 4 heterocycles. The average Bonchev–Trinajstić information content (AvgIpc) is 3.72. The number of hydrogen-bond donors (Lipinski definition) is 2. The zero-order chi connectivity index (χ0) is 36.4. The Morgan fingerprint density at radius 1 is 1.10 bits per heavy atom. The predicted octanol–water partition coefficient (Wildman–Crippen LogP) is 7.25. The highest BCUT2D eigenvalue weighted by Crippen LogP contribution is 2.37. The van der Waals surface area contributed by atoms with Crippen molar-refractivity contribution in [1.29, 1.82) is 5.26 Å². The SMILES string of the molecule is Cc1c(COc2cc(OCc3cncc(C#N)c3)c(CN3CCCC[C@H]3C(=O)O)cc2Cl)cccc1-c1ccc2oc(N3C[C@@H](N)C[C@H]3C)nc2c1. The van der Waals surface area contributed by atoms with Gasteiger partial charge in [0.15, 0.2) is 5.58 Å². The first-order valence-corrected chi connectivity index (χ1v) is 17.9. The Labute approximate surface area is 307 Å². The number of pyridine rings is 1. The second-order valence-corrected chi connectivity index (χ2v) is 14.2. The summed E-state index contributed by atoms with van der Waals surface area (Å²) in [4.78, 5) is 25.1. The minimum absolute atomic E-state index is 0.108. The number of ether oxygens (including phenoxy) is 2. The molecule has 2 aromatic heterocycles. The number of halogens is 1. The van der Waals surface area contributed by atoms with Gasteiger partial charge in [-0.25, -0.2) is 0 Å². The Morgan fingerprint density at radius 2 is 1.94 bits per heavy atom. The fraction of sp³-hybridized carbons (Fsp3) is 0.350. The molecule has 0 aliphatic carbocycles. The van der Waals surface area contributed by atoms with Crippen LogP contribution >= 0.6 is 11.6 Å². The molecule has 0 radical (unpaired) electrons. The monoisotopic (exact) mass is 720 g/mol. The van der Waals surface area contributed by atoms with Crippen LogP contribution < -0.4 is 20.1 Å². The van der Waals surface area contributed by atoms with Crippen LogP contribution in [0.2, 0.25) is 5.02 Å². The highest BCUT2D eigenvalue weighted by molar-refractivity contribution is 6.32. The fourth-order valence-corrected chi connectivity index (χ4v) is 7.51. The average molecular weight is 721 g/mol. The van der Waals surface area contributed by atoms with Crippen LogP contribution in [0.4, 0.5) is 6.01 Å². The van der Waals surface area contributed by atoms with Crippen molar-refractivity contribution in [2.24, 2.45) is 5.73 Å². The summed E-state index contributed by atoms with van der Waals surface area (Å²) in [5.41, 5.74) is 13.7. The standard InChI is InChI=1S/C40H41ClN6O5/c1-24-12-31(43)21-47(24)40-45-34-15-28(9-10-36(34)52-40)32-7-5-6-29(25(32)2)23-51-38-16-37(50-22-27-13-26(17-42)18-44-19-27)30(14-33(38)41)20-46-11-4-3-8-35(46)39(48)49/h5-7,9-10,13-16,18-19,24,31,35H,3-4,8,11-12,20-23,43H2,1-2H3,(H,48,49)/t24-,31+,35+/m1/s1. The third kappa shape index (κ3) is 7.55. The summed E-state index contributed by atoms with van der Waals surface area (Å²) in [6, 6.07) is 20.0. The molecule has 12 heteroatoms. The lowest BCUT2D eigenvalue weighted by atomic mass is 9.96. The number of piperidine rings is 1. The summed E-state index contributed by atoms with van der Waals surface area (Å²) in [5, 5.41) is 19.6. The lowest BCUT2D eigenvalue weighted by Gasteiger charge is -2.33. The Kier molecular flexibility index (Phi) is 10.3. The van der Waals surface area contributed by atoms with Gasteiger partial charge in [0, 0.05) is 54.8 Å². The van der Waals surface area contributed by atoms with Gasteiger partial charge in [-0.15, -0.1) is 0 Å². The maximum atomic E-state index is 12.1. The van der Waals surface area contributed by atoms with Crippen molar-refractivity contribution in [2.45, 2.75) is 77.4 Å². The third-order valence-electron chi connectivity index (χ3n) is 10.1. The number of likely N-dealkylation sites (tertiary alicyclic amines) is 1. The second-order valence-electron chi connectivity index (χ2n) is 13.7. The van der Waals surface area contributed by atoms with Gasteiger partial charge in [-0.05, 0) is 86.2 Å². The molecule has 0 amide bonds. The maximum absolute atomic E-state index is 12.1. The van der Waals surface area contributed by atoms with E-state index < -0.39 is 12.0 Å². The first kappa shape index (κ1) is 35.3. The minimum Gasteiger partial charge on any atom is -0.488 e. The van der Waals surface area contributed by atoms with E-state index in [0.29, 0.717) is 47.6 Å². The Balaban J connectivity index is 1.13. The number of carboxylic acid groups (broad SMARTS) is 1. The van der Waals surface area contributed by atoms with Gasteiger partial charge in [-0.3, -0.25) is 14.7 Å². The highest BCUT2D eigenvalue weighted by Gasteiger charge is 2.31. The fourth-order valence-electron chi connectivity index (χ4n) is 7.26. The largest absolute Gasteiger partial charge is 0.488 e. The van der Waals surface area contributed by atoms with E-state index in [2.05, 4.69) is 35.9 Å². The number of aromatic nitrogens is 2. The lowest BCUT2D eigenvalue weighted by molar-refractivity contribution is -0.144. The molecule has 5 aromatic rings. The first-order valence-electron chi connectivity index (χ1n) is 17.6. The number of hydrogen-bond acceptors (Lipinski definition) is 10. The lowest BCUT2D eigenvalue weighted by Crippen LogP contribution is -2.44. The number of anilines is 1. The van der Waals surface area contributed by atoms with E-state index in [4.69, 9.17) is 36.2 Å². The number of fused-ring (bicyclic) bond motifs is 1. The summed E-state index contributed by atoms with van der Waals surface area (Å²) >= 11 is 6.84. The number of nitrogens with two attached hydrogens (primary N) is 1. The smallest absolute Gasteiger partial charge is 0.320 e. The van der Waals surface area contributed by atoms with E-state index >= 15 is 0 Å². The molecule has 0 bridgehead atoms. The molecule has 3 N–H and O–H groups in total. The van der Waals surface area contributed by atoms with Crippen molar-refractivity contribution in [2.75, 3.05) is 18.0 Å². The van der Waals surface area contributed by atoms with Crippen molar-refractivity contribution in [3.8, 4) is 28.7 Å². The molecular formula is C40H41ClN6O5. The van der Waals surface area contributed by atoms with Crippen molar-refractivity contribution >= 4 is 34.7 Å². The summed E-state index contributed by atoms with van der Waals surface area (Å²) in [6.07, 6.45) is 6.43. The van der Waals surface area contributed by atoms with E-state index in [1.165, 1.54) is 6.20 Å². The summed E-state index contributed by atoms with van der Waals surface area (Å²) in [5.74, 6) is 0.125. The van der Waals surface area contributed by atoms with E-state index in [1.54, 1.807) is 24.4 Å². The quantitative estimate of drug-likeness (QED) is 0.142. The van der Waals surface area contributed by atoms with Crippen LogP contribution in [-0.4, -0.2) is 57.2 Å². The van der Waals surface area contributed by atoms with Gasteiger partial charge in [-0.2, -0.15) is 10.2 Å². The number of nitrogens with zero attached hydrogens (tertiary/aromatic N) is 5. The third-order valence-corrected chi connectivity index (χ3v) is 10.4. The number of aliphatic carboxylic acids is 1. The van der Waals surface area contributed by atoms with Crippen LogP contribution in [0, 0.1) is 18.3 Å². The van der Waals surface area contributed by atoms with Gasteiger partial charge in [0.2, 0.25) is 0 Å². The molecule has 2 aliphatic heterocycles. The summed E-state index contributed by atoms with van der Waals surface area (Å²) < 4.78 is 18.8. The van der Waals surface area contributed by atoms with Crippen molar-refractivity contribution in [3.05, 3.63) is 99.8 Å². The number of rotatable bonds is 11. The van der Waals surface area contributed by atoms with E-state index in [0.717, 1.165) is 70.3 Å². The highest BCUT2D eigenvalue weighted by atomic mass is 35.5. The molecule has 52 heavy (non-hydrogen) atoms. The molecule has 268 valence electrons. The molecular weight excluding hydrogens is 680 g/mol. The van der Waals surface area contributed by atoms with Crippen LogP contribution in [0.5, 0.6) is 11.5 Å². The van der Waals surface area contributed by atoms with Crippen molar-refractivity contribution in [3.63, 3.8) is 0 Å². The van der Waals surface area contributed by atoms with Gasteiger partial charge in [0.25, 0.3) is 6.01 Å². The Hall–Kier alpha value is -5.15. The Bertz CT molecular complexity index is 2150. The normalized spacial score (nSPS) is 19.1. The van der Waals surface area contributed by atoms with Crippen LogP contribution in [0.25, 0.3) is 22.2 Å². The van der Waals surface area contributed by atoms with Crippen LogP contribution in [0.15, 0.2) is 71.4 Å². The molecule has 0 spiro atoms. The number of carboxylic acids is 1. The second kappa shape index (κ2) is 15.2. The zero-order valence-electron chi connectivity index (χ0n) is 29.2. The van der Waals surface area contributed by atoms with Gasteiger partial charge in [-0.1, -0.05) is 42.3 Å². The molecule has 3 atom stereocenters. The van der Waals surface area contributed by atoms with E-state index in [1.807, 2.05) is 35.2 Å². The molecule has 0 saturated carbocycles. The van der Waals surface area contributed by atoms with Crippen LogP contribution in [0.1, 0.15) is 60.4 Å². The zero-order valence-corrected chi connectivity index (χ0v) is 30.0. The van der Waals surface area contributed by atoms with E-state index in [-0.39, 0.29) is 25.3 Å². The molecule has 2 aliphatic rings. The first-order chi connectivity index (χ1) is 25.2. The molecule has 0 unspecified atom stereocenters. The van der Waals surface area contributed by atoms with Crippen LogP contribution in [0.3, 0.4) is 0 Å². The van der Waals surface area contributed by atoms with Gasteiger partial charge in [0.05, 0.1) is 10.6 Å². The molecule has 2 saturated heterocycles. The van der Waals surface area contributed by atoms with Crippen LogP contribution in [-0.2, 0) is 24.6 Å². The number of oxazole rings is 1. The van der Waals surface area contributed by atoms with Gasteiger partial charge >= 0.3 is 5.97 Å². The van der Waals surface area contributed by atoms with Gasteiger partial charge < -0.3 is 29.6 Å². The van der Waals surface area contributed by atoms with Crippen molar-refractivity contribution < 1.29 is 23.8 Å². The Morgan fingerprint density at radius 3 is 2.73 bits per heavy atom. The van der Waals surface area contributed by atoms with Gasteiger partial charge in [0.1, 0.15) is 42.3 Å². The summed E-state index contributed by atoms with van der Waals surface area (Å²) in [7, 11) is 0. The molecule has 7 rings (SSSR count). The number of carbonyl (C=O) groups is 1. The summed E-state index contributed by atoms with van der Waals surface area (Å²) in [6.45, 7) is 6.35. The molecule has 11 nitrogen and oxygen atoms in total. The molecule has 3 aromatic carbocycles. The van der Waals surface area contributed by atoms with E-state index in [9.17, 15) is 15.2 Å². The predicted molar refractivity (Wildman–Crippen MR) is 198 cm³/mol. The molecule has 2 fully saturated rings. The maximum Gasteiger partial charge on any atom is 0.320 e. The number of benzene rings is 3. The minimum atomic E-state index is -0.835. The van der Waals surface area contributed by atoms with Crippen molar-refractivity contribution in [1.82, 2.24) is 14.9 Å².